The zero-order valence-electron chi connectivity index (χ0n) is 11.6. The molecule has 21 heavy (non-hydrogen) atoms. The number of aliphatic hydroxyl groups is 1. The molecule has 0 radical (unpaired) electrons. The first kappa shape index (κ1) is 14.8. The fraction of sp³-hybridized carbons (Fsp3) is 0.200. The van der Waals surface area contributed by atoms with Crippen LogP contribution in [0, 0.1) is 10.1 Å². The molecule has 0 aliphatic rings. The highest BCUT2D eigenvalue weighted by molar-refractivity contribution is 5.52. The third-order valence-corrected chi connectivity index (χ3v) is 2.94. The molecule has 2 aromatic carbocycles. The summed E-state index contributed by atoms with van der Waals surface area (Å²) in [5.41, 5.74) is 0.431. The normalized spacial score (nSPS) is 11.8. The minimum atomic E-state index is -0.700. The first-order chi connectivity index (χ1) is 10.0. The van der Waals surface area contributed by atoms with Gasteiger partial charge in [-0.15, -0.1) is 0 Å². The second kappa shape index (κ2) is 6.23. The van der Waals surface area contributed by atoms with Crippen LogP contribution in [-0.4, -0.2) is 17.1 Å². The van der Waals surface area contributed by atoms with Crippen molar-refractivity contribution in [3.8, 4) is 17.2 Å². The molecular formula is C15H15NO5. The third-order valence-electron chi connectivity index (χ3n) is 2.94. The molecule has 0 aromatic heterocycles. The predicted octanol–water partition coefficient (Wildman–Crippen LogP) is 3.45. The van der Waals surface area contributed by atoms with E-state index in [1.807, 2.05) is 0 Å². The van der Waals surface area contributed by atoms with Crippen molar-refractivity contribution in [2.45, 2.75) is 13.0 Å². The summed E-state index contributed by atoms with van der Waals surface area (Å²) in [6.45, 7) is 1.62. The Hall–Kier alpha value is -2.60. The number of ether oxygens (including phenoxy) is 2. The zero-order chi connectivity index (χ0) is 15.4. The van der Waals surface area contributed by atoms with Gasteiger partial charge in [-0.1, -0.05) is 18.2 Å². The average Bonchev–Trinajstić information content (AvgIpc) is 2.47. The first-order valence-electron chi connectivity index (χ1n) is 6.30. The maximum atomic E-state index is 11.0. The molecule has 110 valence electrons. The molecule has 0 bridgehead atoms. The largest absolute Gasteiger partial charge is 0.490 e. The highest BCUT2D eigenvalue weighted by atomic mass is 16.6. The van der Waals surface area contributed by atoms with Crippen LogP contribution in [-0.2, 0) is 0 Å². The fourth-order valence-electron chi connectivity index (χ4n) is 1.92. The average molecular weight is 289 g/mol. The van der Waals surface area contributed by atoms with Gasteiger partial charge >= 0.3 is 5.69 Å². The molecule has 0 saturated carbocycles. The predicted molar refractivity (Wildman–Crippen MR) is 76.8 cm³/mol. The molecule has 0 saturated heterocycles. The third kappa shape index (κ3) is 3.29. The van der Waals surface area contributed by atoms with Crippen LogP contribution in [0.3, 0.4) is 0 Å². The lowest BCUT2D eigenvalue weighted by Crippen LogP contribution is -1.97. The summed E-state index contributed by atoms with van der Waals surface area (Å²) in [4.78, 5) is 10.5. The monoisotopic (exact) mass is 289 g/mol. The Kier molecular flexibility index (Phi) is 4.39. The molecule has 0 heterocycles. The molecular weight excluding hydrogens is 274 g/mol. The van der Waals surface area contributed by atoms with Gasteiger partial charge in [0.2, 0.25) is 0 Å². The van der Waals surface area contributed by atoms with Crippen molar-refractivity contribution in [1.29, 1.82) is 0 Å². The van der Waals surface area contributed by atoms with E-state index in [-0.39, 0.29) is 11.4 Å². The molecule has 1 atom stereocenters. The summed E-state index contributed by atoms with van der Waals surface area (Å²) in [6, 6.07) is 11.3. The van der Waals surface area contributed by atoms with Crippen molar-refractivity contribution < 1.29 is 19.5 Å². The van der Waals surface area contributed by atoms with E-state index in [9.17, 15) is 15.2 Å². The van der Waals surface area contributed by atoms with Crippen LogP contribution in [0.25, 0.3) is 0 Å². The van der Waals surface area contributed by atoms with E-state index in [1.54, 1.807) is 37.3 Å². The Bertz CT molecular complexity index is 654. The Morgan fingerprint density at radius 1 is 1.19 bits per heavy atom. The molecule has 6 heteroatoms. The molecule has 0 aliphatic heterocycles. The van der Waals surface area contributed by atoms with Crippen LogP contribution in [0.1, 0.15) is 18.6 Å². The highest BCUT2D eigenvalue weighted by Gasteiger charge is 2.17. The van der Waals surface area contributed by atoms with E-state index < -0.39 is 11.0 Å². The van der Waals surface area contributed by atoms with Gasteiger partial charge in [0.15, 0.2) is 5.75 Å². The molecule has 0 unspecified atom stereocenters. The van der Waals surface area contributed by atoms with E-state index >= 15 is 0 Å². The standard InChI is InChI=1S/C15H15NO5/c1-10(17)12-5-3-4-6-14(12)21-11-7-8-15(20-2)13(9-11)16(18)19/h3-10,17H,1-2H3/t10-/m0/s1. The maximum Gasteiger partial charge on any atom is 0.314 e. The van der Waals surface area contributed by atoms with Crippen molar-refractivity contribution in [2.24, 2.45) is 0 Å². The van der Waals surface area contributed by atoms with Crippen molar-refractivity contribution in [3.05, 3.63) is 58.1 Å². The first-order valence-corrected chi connectivity index (χ1v) is 6.30. The van der Waals surface area contributed by atoms with Gasteiger partial charge in [0.1, 0.15) is 11.5 Å². The molecule has 2 rings (SSSR count). The number of nitro benzene ring substituents is 1. The van der Waals surface area contributed by atoms with Crippen LogP contribution in [0.2, 0.25) is 0 Å². The quantitative estimate of drug-likeness (QED) is 0.673. The van der Waals surface area contributed by atoms with Crippen molar-refractivity contribution >= 4 is 5.69 Å². The number of hydrogen-bond donors (Lipinski definition) is 1. The number of benzene rings is 2. The Balaban J connectivity index is 2.37. The summed E-state index contributed by atoms with van der Waals surface area (Å²) >= 11 is 0. The number of aliphatic hydroxyl groups excluding tert-OH is 1. The lowest BCUT2D eigenvalue weighted by Gasteiger charge is -2.13. The van der Waals surface area contributed by atoms with E-state index in [1.165, 1.54) is 19.2 Å². The Morgan fingerprint density at radius 2 is 1.90 bits per heavy atom. The minimum absolute atomic E-state index is 0.163. The number of para-hydroxylation sites is 1. The van der Waals surface area contributed by atoms with Crippen LogP contribution in [0.15, 0.2) is 42.5 Å². The van der Waals surface area contributed by atoms with E-state index in [0.29, 0.717) is 17.1 Å². The van der Waals surface area contributed by atoms with Gasteiger partial charge in [-0.2, -0.15) is 0 Å². The zero-order valence-corrected chi connectivity index (χ0v) is 11.6. The van der Waals surface area contributed by atoms with Gasteiger partial charge < -0.3 is 14.6 Å². The van der Waals surface area contributed by atoms with E-state index in [0.717, 1.165) is 0 Å². The van der Waals surface area contributed by atoms with Crippen LogP contribution in [0.5, 0.6) is 17.2 Å². The smallest absolute Gasteiger partial charge is 0.314 e. The summed E-state index contributed by atoms with van der Waals surface area (Å²) in [5, 5.41) is 20.7. The van der Waals surface area contributed by atoms with Crippen molar-refractivity contribution in [2.75, 3.05) is 7.11 Å². The Morgan fingerprint density at radius 3 is 2.52 bits per heavy atom. The number of nitrogens with zero attached hydrogens (tertiary/aromatic N) is 1. The van der Waals surface area contributed by atoms with Gasteiger partial charge in [0.05, 0.1) is 24.2 Å². The minimum Gasteiger partial charge on any atom is -0.490 e. The number of hydrogen-bond acceptors (Lipinski definition) is 5. The Labute approximate surface area is 121 Å². The second-order valence-corrected chi connectivity index (χ2v) is 4.41. The summed E-state index contributed by atoms with van der Waals surface area (Å²) < 4.78 is 10.6. The van der Waals surface area contributed by atoms with Gasteiger partial charge in [0, 0.05) is 5.56 Å². The van der Waals surface area contributed by atoms with Crippen LogP contribution >= 0.6 is 0 Å². The SMILES string of the molecule is COc1ccc(Oc2ccccc2[C@H](C)O)cc1[N+](=O)[O-]. The molecule has 0 aliphatic carbocycles. The van der Waals surface area contributed by atoms with Crippen molar-refractivity contribution in [1.82, 2.24) is 0 Å². The maximum absolute atomic E-state index is 11.0. The lowest BCUT2D eigenvalue weighted by molar-refractivity contribution is -0.385. The number of methoxy groups -OCH3 is 1. The number of nitro groups is 1. The molecule has 0 fully saturated rings. The molecule has 0 spiro atoms. The molecule has 0 amide bonds. The lowest BCUT2D eigenvalue weighted by atomic mass is 10.1. The summed E-state index contributed by atoms with van der Waals surface area (Å²) in [6.07, 6.45) is -0.700. The second-order valence-electron chi connectivity index (χ2n) is 4.41. The summed E-state index contributed by atoms with van der Waals surface area (Å²) in [7, 11) is 1.37. The summed E-state index contributed by atoms with van der Waals surface area (Å²) in [5.74, 6) is 0.915. The van der Waals surface area contributed by atoms with Gasteiger partial charge in [-0.3, -0.25) is 10.1 Å². The van der Waals surface area contributed by atoms with Gasteiger partial charge in [-0.25, -0.2) is 0 Å². The fourth-order valence-corrected chi connectivity index (χ4v) is 1.92. The molecule has 1 N–H and O–H groups in total. The highest BCUT2D eigenvalue weighted by Crippen LogP contribution is 2.35. The number of rotatable bonds is 5. The van der Waals surface area contributed by atoms with Gasteiger partial charge in [-0.05, 0) is 25.1 Å². The molecule has 6 nitrogen and oxygen atoms in total. The molecule has 2 aromatic rings. The topological polar surface area (TPSA) is 81.8 Å². The van der Waals surface area contributed by atoms with Gasteiger partial charge in [0.25, 0.3) is 0 Å². The van der Waals surface area contributed by atoms with Crippen molar-refractivity contribution in [3.63, 3.8) is 0 Å². The van der Waals surface area contributed by atoms with E-state index in [4.69, 9.17) is 9.47 Å². The van der Waals surface area contributed by atoms with E-state index in [2.05, 4.69) is 0 Å². The van der Waals surface area contributed by atoms with Crippen LogP contribution in [0.4, 0.5) is 5.69 Å². The van der Waals surface area contributed by atoms with Crippen LogP contribution < -0.4 is 9.47 Å².